The van der Waals surface area contributed by atoms with Gasteiger partial charge in [-0.05, 0) is 37.3 Å². The zero-order valence-electron chi connectivity index (χ0n) is 14.4. The molecule has 1 amide bonds. The van der Waals surface area contributed by atoms with Gasteiger partial charge in [0.2, 0.25) is 5.89 Å². The first-order valence-electron chi connectivity index (χ1n) is 8.04. The number of hydrogen-bond donors (Lipinski definition) is 3. The van der Waals surface area contributed by atoms with Gasteiger partial charge >= 0.3 is 0 Å². The Labute approximate surface area is 149 Å². The summed E-state index contributed by atoms with van der Waals surface area (Å²) in [5.41, 5.74) is 1.69. The van der Waals surface area contributed by atoms with Crippen LogP contribution in [0.4, 0.5) is 0 Å². The topological polar surface area (TPSA) is 126 Å². The highest BCUT2D eigenvalue weighted by Crippen LogP contribution is 2.21. The zero-order valence-corrected chi connectivity index (χ0v) is 14.4. The van der Waals surface area contributed by atoms with E-state index in [-0.39, 0.29) is 11.7 Å². The predicted octanol–water partition coefficient (Wildman–Crippen LogP) is 1.85. The number of nitrogens with zero attached hydrogens (tertiary/aromatic N) is 3. The zero-order chi connectivity index (χ0) is 18.5. The van der Waals surface area contributed by atoms with Gasteiger partial charge in [-0.3, -0.25) is 9.89 Å². The average Bonchev–Trinajstić information content (AvgIpc) is 3.30. The van der Waals surface area contributed by atoms with E-state index in [0.717, 1.165) is 5.56 Å². The second-order valence-electron chi connectivity index (χ2n) is 5.70. The van der Waals surface area contributed by atoms with Gasteiger partial charge in [-0.1, -0.05) is 5.16 Å². The second-order valence-corrected chi connectivity index (χ2v) is 5.70. The fourth-order valence-electron chi connectivity index (χ4n) is 2.29. The first-order valence-corrected chi connectivity index (χ1v) is 8.04. The monoisotopic (exact) mass is 357 g/mol. The maximum Gasteiger partial charge on any atom is 0.269 e. The van der Waals surface area contributed by atoms with Crippen LogP contribution in [-0.2, 0) is 11.2 Å². The quantitative estimate of drug-likeness (QED) is 0.589. The van der Waals surface area contributed by atoms with Crippen LogP contribution in [-0.4, -0.2) is 45.1 Å². The maximum atomic E-state index is 12.4. The van der Waals surface area contributed by atoms with E-state index in [1.54, 1.807) is 44.4 Å². The Hall–Kier alpha value is -3.20. The fourth-order valence-corrected chi connectivity index (χ4v) is 2.29. The van der Waals surface area contributed by atoms with Crippen molar-refractivity contribution >= 4 is 5.91 Å². The number of benzene rings is 1. The van der Waals surface area contributed by atoms with Crippen LogP contribution in [0.3, 0.4) is 0 Å². The SMILES string of the molecule is COCCc1noc(C(C)NC(=O)c2cc(-c3ccc(O)cc3)n[nH]2)n1. The summed E-state index contributed by atoms with van der Waals surface area (Å²) >= 11 is 0. The summed E-state index contributed by atoms with van der Waals surface area (Å²) in [7, 11) is 1.60. The fraction of sp³-hybridized carbons (Fsp3) is 0.294. The maximum absolute atomic E-state index is 12.4. The van der Waals surface area contributed by atoms with E-state index >= 15 is 0 Å². The van der Waals surface area contributed by atoms with Crippen LogP contribution in [0.2, 0.25) is 0 Å². The largest absolute Gasteiger partial charge is 0.508 e. The summed E-state index contributed by atoms with van der Waals surface area (Å²) in [6.45, 7) is 2.25. The first kappa shape index (κ1) is 17.6. The second kappa shape index (κ2) is 7.79. The summed E-state index contributed by atoms with van der Waals surface area (Å²) in [4.78, 5) is 16.6. The smallest absolute Gasteiger partial charge is 0.269 e. The van der Waals surface area contributed by atoms with Crippen molar-refractivity contribution in [1.29, 1.82) is 0 Å². The summed E-state index contributed by atoms with van der Waals surface area (Å²) in [5.74, 6) is 0.675. The molecule has 0 aliphatic heterocycles. The van der Waals surface area contributed by atoms with E-state index in [4.69, 9.17) is 9.26 Å². The van der Waals surface area contributed by atoms with Gasteiger partial charge in [-0.25, -0.2) is 0 Å². The molecule has 0 aliphatic carbocycles. The van der Waals surface area contributed by atoms with Crippen LogP contribution >= 0.6 is 0 Å². The molecule has 1 unspecified atom stereocenters. The number of aromatic hydroxyl groups is 1. The van der Waals surface area contributed by atoms with Crippen LogP contribution in [0.1, 0.15) is 35.2 Å². The van der Waals surface area contributed by atoms with Crippen LogP contribution in [0, 0.1) is 0 Å². The van der Waals surface area contributed by atoms with Crippen LogP contribution in [0.25, 0.3) is 11.3 Å². The van der Waals surface area contributed by atoms with E-state index in [1.165, 1.54) is 0 Å². The molecule has 26 heavy (non-hydrogen) atoms. The van der Waals surface area contributed by atoms with Gasteiger partial charge in [0, 0.05) is 19.1 Å². The van der Waals surface area contributed by atoms with Crippen molar-refractivity contribution in [2.24, 2.45) is 0 Å². The lowest BCUT2D eigenvalue weighted by Crippen LogP contribution is -2.27. The number of phenols is 1. The molecule has 0 saturated carbocycles. The van der Waals surface area contributed by atoms with Gasteiger partial charge < -0.3 is 19.7 Å². The number of amides is 1. The van der Waals surface area contributed by atoms with Gasteiger partial charge in [0.05, 0.1) is 12.3 Å². The van der Waals surface area contributed by atoms with Gasteiger partial charge in [-0.2, -0.15) is 10.1 Å². The molecule has 2 heterocycles. The van der Waals surface area contributed by atoms with E-state index in [0.29, 0.717) is 36.1 Å². The van der Waals surface area contributed by atoms with Crippen molar-refractivity contribution in [2.45, 2.75) is 19.4 Å². The molecule has 9 heteroatoms. The molecule has 3 aromatic rings. The minimum absolute atomic E-state index is 0.167. The average molecular weight is 357 g/mol. The van der Waals surface area contributed by atoms with Gasteiger partial charge in [0.15, 0.2) is 5.82 Å². The van der Waals surface area contributed by atoms with E-state index < -0.39 is 6.04 Å². The highest BCUT2D eigenvalue weighted by atomic mass is 16.5. The minimum atomic E-state index is -0.452. The molecule has 3 rings (SSSR count). The number of carbonyl (C=O) groups is 1. The molecule has 9 nitrogen and oxygen atoms in total. The third-order valence-corrected chi connectivity index (χ3v) is 3.72. The number of aromatic nitrogens is 4. The normalized spacial score (nSPS) is 12.1. The lowest BCUT2D eigenvalue weighted by molar-refractivity contribution is 0.0927. The standard InChI is InChI=1S/C17H19N5O4/c1-10(17-19-15(22-26-17)7-8-25-2)18-16(24)14-9-13(20-21-14)11-3-5-12(23)6-4-11/h3-6,9-10,23H,7-8H2,1-2H3,(H,18,24)(H,20,21). The molecule has 0 bridgehead atoms. The molecule has 3 N–H and O–H groups in total. The van der Waals surface area contributed by atoms with Crippen LogP contribution in [0.5, 0.6) is 5.75 Å². The molecular weight excluding hydrogens is 338 g/mol. The van der Waals surface area contributed by atoms with Crippen molar-refractivity contribution < 1.29 is 19.2 Å². The Morgan fingerprint density at radius 1 is 1.38 bits per heavy atom. The highest BCUT2D eigenvalue weighted by molar-refractivity contribution is 5.93. The number of carbonyl (C=O) groups excluding carboxylic acids is 1. The van der Waals surface area contributed by atoms with Gasteiger partial charge in [0.25, 0.3) is 5.91 Å². The Bertz CT molecular complexity index is 871. The summed E-state index contributed by atoms with van der Waals surface area (Å²) < 4.78 is 10.1. The van der Waals surface area contributed by atoms with Gasteiger partial charge in [-0.15, -0.1) is 0 Å². The molecule has 136 valence electrons. The van der Waals surface area contributed by atoms with Crippen molar-refractivity contribution in [1.82, 2.24) is 25.7 Å². The van der Waals surface area contributed by atoms with Crippen LogP contribution in [0.15, 0.2) is 34.9 Å². The molecule has 2 aromatic heterocycles. The molecule has 0 saturated heterocycles. The predicted molar refractivity (Wildman–Crippen MR) is 91.4 cm³/mol. The molecule has 0 spiro atoms. The summed E-state index contributed by atoms with van der Waals surface area (Å²) in [5, 5.41) is 22.8. The highest BCUT2D eigenvalue weighted by Gasteiger charge is 2.19. The Balaban J connectivity index is 1.64. The molecule has 0 radical (unpaired) electrons. The van der Waals surface area contributed by atoms with Crippen LogP contribution < -0.4 is 5.32 Å². The number of H-pyrrole nitrogens is 1. The minimum Gasteiger partial charge on any atom is -0.508 e. The number of rotatable bonds is 7. The molecular formula is C17H19N5O4. The number of phenolic OH excluding ortho intramolecular Hbond substituents is 1. The lowest BCUT2D eigenvalue weighted by atomic mass is 10.1. The Morgan fingerprint density at radius 2 is 2.15 bits per heavy atom. The van der Waals surface area contributed by atoms with E-state index in [2.05, 4.69) is 25.7 Å². The van der Waals surface area contributed by atoms with Crippen molar-refractivity contribution in [2.75, 3.05) is 13.7 Å². The lowest BCUT2D eigenvalue weighted by Gasteiger charge is -2.07. The van der Waals surface area contributed by atoms with Gasteiger partial charge in [0.1, 0.15) is 17.5 Å². The van der Waals surface area contributed by atoms with Crippen molar-refractivity contribution in [3.63, 3.8) is 0 Å². The number of methoxy groups -OCH3 is 1. The number of aromatic amines is 1. The first-order chi connectivity index (χ1) is 12.6. The molecule has 0 fully saturated rings. The third-order valence-electron chi connectivity index (χ3n) is 3.72. The Kier molecular flexibility index (Phi) is 5.28. The third kappa shape index (κ3) is 4.06. The number of nitrogens with one attached hydrogen (secondary N) is 2. The number of ether oxygens (including phenoxy) is 1. The van der Waals surface area contributed by atoms with Crippen molar-refractivity contribution in [3.8, 4) is 17.0 Å². The number of hydrogen-bond acceptors (Lipinski definition) is 7. The Morgan fingerprint density at radius 3 is 2.88 bits per heavy atom. The molecule has 0 aliphatic rings. The van der Waals surface area contributed by atoms with Crippen molar-refractivity contribution in [3.05, 3.63) is 47.7 Å². The molecule has 1 atom stereocenters. The van der Waals surface area contributed by atoms with E-state index in [1.807, 2.05) is 0 Å². The summed E-state index contributed by atoms with van der Waals surface area (Å²) in [6, 6.07) is 7.73. The van der Waals surface area contributed by atoms with E-state index in [9.17, 15) is 9.90 Å². The molecule has 1 aromatic carbocycles. The summed E-state index contributed by atoms with van der Waals surface area (Å²) in [6.07, 6.45) is 0.539.